The van der Waals surface area contributed by atoms with Crippen LogP contribution >= 0.6 is 0 Å². The van der Waals surface area contributed by atoms with Crippen LogP contribution in [0.15, 0.2) is 27.4 Å². The minimum absolute atomic E-state index is 0.286. The molecule has 0 saturated heterocycles. The number of ether oxygens (including phenoxy) is 1. The number of unbranched alkanes of at least 4 members (excludes halogenated alkanes) is 1. The van der Waals surface area contributed by atoms with Crippen molar-refractivity contribution in [3.8, 4) is 5.75 Å². The highest BCUT2D eigenvalue weighted by atomic mass is 16.5. The Hall–Kier alpha value is -1.77. The monoisotopic (exact) mass is 260 g/mol. The van der Waals surface area contributed by atoms with Crippen molar-refractivity contribution in [1.29, 1.82) is 0 Å². The lowest BCUT2D eigenvalue weighted by Crippen LogP contribution is -2.03. The van der Waals surface area contributed by atoms with Crippen LogP contribution < -0.4 is 10.4 Å². The summed E-state index contributed by atoms with van der Waals surface area (Å²) in [4.78, 5) is 11.6. The molecule has 0 saturated carbocycles. The van der Waals surface area contributed by atoms with E-state index in [2.05, 4.69) is 6.92 Å². The Morgan fingerprint density at radius 1 is 1.21 bits per heavy atom. The minimum atomic E-state index is -0.286. The molecule has 3 nitrogen and oxygen atoms in total. The van der Waals surface area contributed by atoms with Gasteiger partial charge in [-0.2, -0.15) is 0 Å². The van der Waals surface area contributed by atoms with Crippen LogP contribution in [-0.2, 0) is 6.42 Å². The molecule has 0 aliphatic rings. The van der Waals surface area contributed by atoms with Crippen molar-refractivity contribution < 1.29 is 9.15 Å². The minimum Gasteiger partial charge on any atom is -0.493 e. The average molecular weight is 260 g/mol. The van der Waals surface area contributed by atoms with Gasteiger partial charge in [0.1, 0.15) is 11.3 Å². The lowest BCUT2D eigenvalue weighted by atomic mass is 10.0. The molecule has 0 aliphatic heterocycles. The molecule has 2 aromatic rings. The smallest absolute Gasteiger partial charge is 0.336 e. The van der Waals surface area contributed by atoms with E-state index in [-0.39, 0.29) is 5.63 Å². The summed E-state index contributed by atoms with van der Waals surface area (Å²) in [6.45, 7) is 6.67. The van der Waals surface area contributed by atoms with Crippen LogP contribution in [0.1, 0.15) is 37.8 Å². The van der Waals surface area contributed by atoms with Gasteiger partial charge in [0.25, 0.3) is 0 Å². The fraction of sp³-hybridized carbons (Fsp3) is 0.438. The summed E-state index contributed by atoms with van der Waals surface area (Å²) in [6, 6.07) is 5.49. The van der Waals surface area contributed by atoms with Crippen molar-refractivity contribution in [2.45, 2.75) is 40.0 Å². The first-order valence-corrected chi connectivity index (χ1v) is 6.85. The van der Waals surface area contributed by atoms with Gasteiger partial charge in [0.05, 0.1) is 12.0 Å². The SMILES string of the molecule is CCCCc1cc(=O)oc2cc(C)cc(OCC)c12. The van der Waals surface area contributed by atoms with Gasteiger partial charge in [0.15, 0.2) is 0 Å². The molecule has 2 rings (SSSR count). The van der Waals surface area contributed by atoms with Gasteiger partial charge in [-0.3, -0.25) is 0 Å². The standard InChI is InChI=1S/C16H20O3/c1-4-6-7-12-10-15(17)19-14-9-11(3)8-13(16(12)14)18-5-2/h8-10H,4-7H2,1-3H3. The molecule has 19 heavy (non-hydrogen) atoms. The Labute approximate surface area is 113 Å². The number of hydrogen-bond donors (Lipinski definition) is 0. The summed E-state index contributed by atoms with van der Waals surface area (Å²) in [5, 5.41) is 0.945. The maximum atomic E-state index is 11.6. The predicted molar refractivity (Wildman–Crippen MR) is 77.0 cm³/mol. The molecule has 3 heteroatoms. The van der Waals surface area contributed by atoms with Crippen LogP contribution in [0.3, 0.4) is 0 Å². The molecule has 0 unspecified atom stereocenters. The quantitative estimate of drug-likeness (QED) is 0.767. The zero-order valence-electron chi connectivity index (χ0n) is 11.8. The summed E-state index contributed by atoms with van der Waals surface area (Å²) >= 11 is 0. The highest BCUT2D eigenvalue weighted by Crippen LogP contribution is 2.30. The van der Waals surface area contributed by atoms with E-state index in [1.54, 1.807) is 6.07 Å². The first kappa shape index (κ1) is 13.7. The number of fused-ring (bicyclic) bond motifs is 1. The number of rotatable bonds is 5. The van der Waals surface area contributed by atoms with Crippen LogP contribution in [0, 0.1) is 6.92 Å². The van der Waals surface area contributed by atoms with Gasteiger partial charge in [0.2, 0.25) is 0 Å². The first-order chi connectivity index (χ1) is 9.15. The number of benzene rings is 1. The van der Waals surface area contributed by atoms with E-state index in [1.165, 1.54) is 0 Å². The molecule has 0 spiro atoms. The van der Waals surface area contributed by atoms with E-state index in [0.29, 0.717) is 12.2 Å². The van der Waals surface area contributed by atoms with Gasteiger partial charge >= 0.3 is 5.63 Å². The Morgan fingerprint density at radius 3 is 2.68 bits per heavy atom. The van der Waals surface area contributed by atoms with E-state index in [1.807, 2.05) is 26.0 Å². The van der Waals surface area contributed by atoms with Crippen LogP contribution in [0.5, 0.6) is 5.75 Å². The molecule has 0 atom stereocenters. The molecule has 1 aromatic carbocycles. The van der Waals surface area contributed by atoms with Crippen LogP contribution in [-0.4, -0.2) is 6.61 Å². The molecule has 0 aliphatic carbocycles. The maximum Gasteiger partial charge on any atom is 0.336 e. The molecule has 0 N–H and O–H groups in total. The zero-order chi connectivity index (χ0) is 13.8. The van der Waals surface area contributed by atoms with E-state index in [9.17, 15) is 4.79 Å². The van der Waals surface area contributed by atoms with E-state index < -0.39 is 0 Å². The largest absolute Gasteiger partial charge is 0.493 e. The van der Waals surface area contributed by atoms with Gasteiger partial charge in [0, 0.05) is 6.07 Å². The Balaban J connectivity index is 2.67. The summed E-state index contributed by atoms with van der Waals surface area (Å²) < 4.78 is 11.0. The van der Waals surface area contributed by atoms with Gasteiger partial charge in [-0.05, 0) is 49.9 Å². The fourth-order valence-corrected chi connectivity index (χ4v) is 2.30. The summed E-state index contributed by atoms with van der Waals surface area (Å²) in [7, 11) is 0. The third kappa shape index (κ3) is 2.98. The van der Waals surface area contributed by atoms with Crippen molar-refractivity contribution in [3.05, 3.63) is 39.7 Å². The van der Waals surface area contributed by atoms with Crippen LogP contribution in [0.2, 0.25) is 0 Å². The van der Waals surface area contributed by atoms with Gasteiger partial charge in [-0.1, -0.05) is 13.3 Å². The number of hydrogen-bond acceptors (Lipinski definition) is 3. The molecule has 0 bridgehead atoms. The molecule has 0 amide bonds. The van der Waals surface area contributed by atoms with E-state index >= 15 is 0 Å². The highest BCUT2D eigenvalue weighted by Gasteiger charge is 2.12. The molecule has 0 fully saturated rings. The lowest BCUT2D eigenvalue weighted by molar-refractivity contribution is 0.343. The molecule has 102 valence electrons. The molecule has 1 heterocycles. The van der Waals surface area contributed by atoms with Crippen molar-refractivity contribution in [2.24, 2.45) is 0 Å². The normalized spacial score (nSPS) is 10.9. The average Bonchev–Trinajstić information content (AvgIpc) is 2.35. The van der Waals surface area contributed by atoms with Gasteiger partial charge in [-0.15, -0.1) is 0 Å². The van der Waals surface area contributed by atoms with Crippen molar-refractivity contribution in [1.82, 2.24) is 0 Å². The number of aryl methyl sites for hydroxylation is 2. The zero-order valence-corrected chi connectivity index (χ0v) is 11.8. The van der Waals surface area contributed by atoms with Crippen molar-refractivity contribution >= 4 is 11.0 Å². The third-order valence-corrected chi connectivity index (χ3v) is 3.13. The van der Waals surface area contributed by atoms with Crippen molar-refractivity contribution in [2.75, 3.05) is 6.61 Å². The van der Waals surface area contributed by atoms with Gasteiger partial charge in [-0.25, -0.2) is 4.79 Å². The van der Waals surface area contributed by atoms with Crippen molar-refractivity contribution in [3.63, 3.8) is 0 Å². The Kier molecular flexibility index (Phi) is 4.25. The highest BCUT2D eigenvalue weighted by molar-refractivity contribution is 5.87. The topological polar surface area (TPSA) is 39.4 Å². The third-order valence-electron chi connectivity index (χ3n) is 3.13. The second kappa shape index (κ2) is 5.91. The Bertz CT molecular complexity index is 626. The summed E-state index contributed by atoms with van der Waals surface area (Å²) in [5.74, 6) is 0.812. The maximum absolute atomic E-state index is 11.6. The second-order valence-electron chi connectivity index (χ2n) is 4.76. The molecular weight excluding hydrogens is 240 g/mol. The lowest BCUT2D eigenvalue weighted by Gasteiger charge is -2.11. The first-order valence-electron chi connectivity index (χ1n) is 6.85. The molecule has 1 aromatic heterocycles. The van der Waals surface area contributed by atoms with Crippen LogP contribution in [0.25, 0.3) is 11.0 Å². The fourth-order valence-electron chi connectivity index (χ4n) is 2.30. The predicted octanol–water partition coefficient (Wildman–Crippen LogP) is 3.84. The Morgan fingerprint density at radius 2 is 2.00 bits per heavy atom. The molecular formula is C16H20O3. The summed E-state index contributed by atoms with van der Waals surface area (Å²) in [6.07, 6.45) is 3.03. The van der Waals surface area contributed by atoms with E-state index in [0.717, 1.165) is 41.5 Å². The van der Waals surface area contributed by atoms with Crippen LogP contribution in [0.4, 0.5) is 0 Å². The second-order valence-corrected chi connectivity index (χ2v) is 4.76. The van der Waals surface area contributed by atoms with Gasteiger partial charge < -0.3 is 9.15 Å². The van der Waals surface area contributed by atoms with E-state index in [4.69, 9.17) is 9.15 Å². The molecule has 0 radical (unpaired) electrons. The summed E-state index contributed by atoms with van der Waals surface area (Å²) in [5.41, 5.74) is 2.40.